The van der Waals surface area contributed by atoms with E-state index in [4.69, 9.17) is 8.94 Å². The van der Waals surface area contributed by atoms with Gasteiger partial charge in [0.1, 0.15) is 6.26 Å². The SMILES string of the molecule is O=C(CCc1nc(-c2ccoc2)no1)N1CCC(N2CCNCC2)C1. The average molecular weight is 345 g/mol. The quantitative estimate of drug-likeness (QED) is 0.856. The number of amides is 1. The monoisotopic (exact) mass is 345 g/mol. The van der Waals surface area contributed by atoms with E-state index in [0.717, 1.165) is 51.3 Å². The highest BCUT2D eigenvalue weighted by Gasteiger charge is 2.30. The topological polar surface area (TPSA) is 87.6 Å². The molecule has 0 saturated carbocycles. The van der Waals surface area contributed by atoms with Crippen LogP contribution in [0, 0.1) is 0 Å². The zero-order valence-corrected chi connectivity index (χ0v) is 14.2. The first-order chi connectivity index (χ1) is 12.3. The first-order valence-electron chi connectivity index (χ1n) is 8.87. The van der Waals surface area contributed by atoms with Gasteiger partial charge in [0.25, 0.3) is 0 Å². The van der Waals surface area contributed by atoms with Crippen LogP contribution in [0.25, 0.3) is 11.4 Å². The molecule has 2 aliphatic heterocycles. The third-order valence-electron chi connectivity index (χ3n) is 4.98. The van der Waals surface area contributed by atoms with Crippen molar-refractivity contribution < 1.29 is 13.7 Å². The van der Waals surface area contributed by atoms with Gasteiger partial charge in [0.15, 0.2) is 0 Å². The molecule has 8 heteroatoms. The molecule has 4 rings (SSSR count). The lowest BCUT2D eigenvalue weighted by atomic mass is 10.2. The number of furan rings is 1. The zero-order valence-electron chi connectivity index (χ0n) is 14.2. The lowest BCUT2D eigenvalue weighted by molar-refractivity contribution is -0.130. The Morgan fingerprint density at radius 2 is 2.20 bits per heavy atom. The Bertz CT molecular complexity index is 693. The molecule has 0 radical (unpaired) electrons. The minimum absolute atomic E-state index is 0.167. The molecule has 1 unspecified atom stereocenters. The summed E-state index contributed by atoms with van der Waals surface area (Å²) in [6.07, 6.45) is 5.08. The van der Waals surface area contributed by atoms with Crippen molar-refractivity contribution in [2.75, 3.05) is 39.3 Å². The van der Waals surface area contributed by atoms with E-state index in [1.54, 1.807) is 18.6 Å². The van der Waals surface area contributed by atoms with E-state index in [1.165, 1.54) is 0 Å². The summed E-state index contributed by atoms with van der Waals surface area (Å²) in [4.78, 5) is 21.3. The molecule has 2 aliphatic rings. The van der Waals surface area contributed by atoms with Crippen LogP contribution in [0.1, 0.15) is 18.7 Å². The fourth-order valence-corrected chi connectivity index (χ4v) is 3.55. The van der Waals surface area contributed by atoms with Crippen LogP contribution in [0.15, 0.2) is 27.5 Å². The number of aromatic nitrogens is 2. The van der Waals surface area contributed by atoms with Crippen LogP contribution >= 0.6 is 0 Å². The van der Waals surface area contributed by atoms with Crippen LogP contribution in [-0.4, -0.2) is 71.2 Å². The number of nitrogens with zero attached hydrogens (tertiary/aromatic N) is 4. The highest BCUT2D eigenvalue weighted by Crippen LogP contribution is 2.19. The van der Waals surface area contributed by atoms with Crippen molar-refractivity contribution in [3.63, 3.8) is 0 Å². The van der Waals surface area contributed by atoms with Crippen molar-refractivity contribution in [3.8, 4) is 11.4 Å². The fraction of sp³-hybridized carbons (Fsp3) is 0.588. The maximum atomic E-state index is 12.5. The van der Waals surface area contributed by atoms with Gasteiger partial charge in [-0.1, -0.05) is 5.16 Å². The van der Waals surface area contributed by atoms with Crippen molar-refractivity contribution in [1.29, 1.82) is 0 Å². The largest absolute Gasteiger partial charge is 0.472 e. The second kappa shape index (κ2) is 7.37. The first kappa shape index (κ1) is 16.3. The Hall–Kier alpha value is -2.19. The summed E-state index contributed by atoms with van der Waals surface area (Å²) < 4.78 is 10.2. The Balaban J connectivity index is 1.26. The highest BCUT2D eigenvalue weighted by atomic mass is 16.5. The van der Waals surface area contributed by atoms with Crippen molar-refractivity contribution in [2.45, 2.75) is 25.3 Å². The number of hydrogen-bond acceptors (Lipinski definition) is 7. The van der Waals surface area contributed by atoms with Crippen LogP contribution in [0.3, 0.4) is 0 Å². The van der Waals surface area contributed by atoms with Gasteiger partial charge in [-0.2, -0.15) is 4.98 Å². The van der Waals surface area contributed by atoms with E-state index < -0.39 is 0 Å². The summed E-state index contributed by atoms with van der Waals surface area (Å²) in [7, 11) is 0. The maximum Gasteiger partial charge on any atom is 0.227 e. The van der Waals surface area contributed by atoms with Gasteiger partial charge in [0.2, 0.25) is 17.6 Å². The molecule has 4 heterocycles. The summed E-state index contributed by atoms with van der Waals surface area (Å²) in [5.74, 6) is 1.15. The standard InChI is InChI=1S/C17H23N5O3/c23-16(22-7-3-14(11-22)21-8-5-18-6-9-21)2-1-15-19-17(20-25-15)13-4-10-24-12-13/h4,10,12,14,18H,1-3,5-9,11H2. The number of piperazine rings is 1. The van der Waals surface area contributed by atoms with Gasteiger partial charge in [-0.25, -0.2) is 0 Å². The number of carbonyl (C=O) groups is 1. The number of likely N-dealkylation sites (tertiary alicyclic amines) is 1. The first-order valence-corrected chi connectivity index (χ1v) is 8.87. The molecule has 0 spiro atoms. The summed E-state index contributed by atoms with van der Waals surface area (Å²) in [5.41, 5.74) is 0.778. The number of carbonyl (C=O) groups excluding carboxylic acids is 1. The Morgan fingerprint density at radius 1 is 1.32 bits per heavy atom. The molecule has 1 N–H and O–H groups in total. The Labute approximate surface area is 146 Å². The van der Waals surface area contributed by atoms with Crippen LogP contribution in [0.5, 0.6) is 0 Å². The normalized spacial score (nSPS) is 21.8. The molecule has 2 fully saturated rings. The van der Waals surface area contributed by atoms with E-state index in [-0.39, 0.29) is 5.91 Å². The molecule has 2 saturated heterocycles. The van der Waals surface area contributed by atoms with Crippen LogP contribution in [0.2, 0.25) is 0 Å². The van der Waals surface area contributed by atoms with E-state index in [0.29, 0.717) is 30.6 Å². The molecule has 1 atom stereocenters. The fourth-order valence-electron chi connectivity index (χ4n) is 3.55. The highest BCUT2D eigenvalue weighted by molar-refractivity contribution is 5.76. The van der Waals surface area contributed by atoms with Crippen LogP contribution in [0.4, 0.5) is 0 Å². The lowest BCUT2D eigenvalue weighted by Gasteiger charge is -2.32. The summed E-state index contributed by atoms with van der Waals surface area (Å²) in [6, 6.07) is 2.28. The van der Waals surface area contributed by atoms with Gasteiger partial charge in [0, 0.05) is 58.2 Å². The van der Waals surface area contributed by atoms with Crippen molar-refractivity contribution in [3.05, 3.63) is 24.5 Å². The van der Waals surface area contributed by atoms with Crippen molar-refractivity contribution in [1.82, 2.24) is 25.3 Å². The minimum Gasteiger partial charge on any atom is -0.472 e. The third-order valence-corrected chi connectivity index (χ3v) is 4.98. The molecule has 2 aromatic rings. The van der Waals surface area contributed by atoms with Gasteiger partial charge >= 0.3 is 0 Å². The van der Waals surface area contributed by atoms with Crippen LogP contribution in [-0.2, 0) is 11.2 Å². The van der Waals surface area contributed by atoms with Crippen molar-refractivity contribution in [2.24, 2.45) is 0 Å². The summed E-state index contributed by atoms with van der Waals surface area (Å²) >= 11 is 0. The molecule has 1 amide bonds. The summed E-state index contributed by atoms with van der Waals surface area (Å²) in [5, 5.41) is 7.30. The predicted molar refractivity (Wildman–Crippen MR) is 89.7 cm³/mol. The van der Waals surface area contributed by atoms with Crippen molar-refractivity contribution >= 4 is 5.91 Å². The number of nitrogens with one attached hydrogen (secondary N) is 1. The molecule has 0 bridgehead atoms. The maximum absolute atomic E-state index is 12.5. The number of aryl methyl sites for hydroxylation is 1. The second-order valence-electron chi connectivity index (χ2n) is 6.59. The second-order valence-corrected chi connectivity index (χ2v) is 6.59. The molecule has 0 aromatic carbocycles. The molecule has 8 nitrogen and oxygen atoms in total. The van der Waals surface area contributed by atoms with E-state index >= 15 is 0 Å². The van der Waals surface area contributed by atoms with Gasteiger partial charge in [-0.15, -0.1) is 0 Å². The summed E-state index contributed by atoms with van der Waals surface area (Å²) in [6.45, 7) is 5.92. The predicted octanol–water partition coefficient (Wildman–Crippen LogP) is 0.768. The van der Waals surface area contributed by atoms with Gasteiger partial charge in [0.05, 0.1) is 11.8 Å². The minimum atomic E-state index is 0.167. The van der Waals surface area contributed by atoms with E-state index in [1.807, 2.05) is 4.90 Å². The molecule has 25 heavy (non-hydrogen) atoms. The smallest absolute Gasteiger partial charge is 0.227 e. The van der Waals surface area contributed by atoms with E-state index in [2.05, 4.69) is 20.4 Å². The van der Waals surface area contributed by atoms with E-state index in [9.17, 15) is 4.79 Å². The zero-order chi connectivity index (χ0) is 17.1. The van der Waals surface area contributed by atoms with Gasteiger partial charge in [-0.3, -0.25) is 9.69 Å². The number of hydrogen-bond donors (Lipinski definition) is 1. The number of rotatable bonds is 5. The molecular weight excluding hydrogens is 322 g/mol. The Morgan fingerprint density at radius 3 is 3.00 bits per heavy atom. The van der Waals surface area contributed by atoms with Crippen LogP contribution < -0.4 is 5.32 Å². The van der Waals surface area contributed by atoms with Gasteiger partial charge < -0.3 is 19.2 Å². The Kier molecular flexibility index (Phi) is 4.80. The third kappa shape index (κ3) is 3.74. The molecule has 134 valence electrons. The molecule has 0 aliphatic carbocycles. The molecule has 2 aromatic heterocycles. The average Bonchev–Trinajstić information content (AvgIpc) is 3.41. The molecular formula is C17H23N5O3. The van der Waals surface area contributed by atoms with Gasteiger partial charge in [-0.05, 0) is 12.5 Å². The lowest BCUT2D eigenvalue weighted by Crippen LogP contribution is -2.49.